The fraction of sp³-hybridized carbons (Fsp3) is 0.240. The number of likely N-dealkylation sites (tertiary alicyclic amines) is 1. The zero-order chi connectivity index (χ0) is 26.2. The van der Waals surface area contributed by atoms with Gasteiger partial charge in [-0.3, -0.25) is 9.52 Å². The number of nitrogens with zero attached hydrogens (tertiary/aromatic N) is 3. The van der Waals surface area contributed by atoms with Gasteiger partial charge in [-0.1, -0.05) is 46.6 Å². The minimum Gasteiger partial charge on any atom is -0.360 e. The Balaban J connectivity index is 0.00000336. The van der Waals surface area contributed by atoms with Crippen LogP contribution in [0.25, 0.3) is 11.3 Å². The van der Waals surface area contributed by atoms with Gasteiger partial charge >= 0.3 is 0 Å². The second-order valence-corrected chi connectivity index (χ2v) is 12.0. The number of anilines is 1. The molecule has 4 aromatic rings. The molecule has 0 aliphatic carbocycles. The van der Waals surface area contributed by atoms with Crippen molar-refractivity contribution in [3.63, 3.8) is 0 Å². The van der Waals surface area contributed by atoms with Gasteiger partial charge in [0.2, 0.25) is 0 Å². The molecule has 0 bridgehead atoms. The van der Waals surface area contributed by atoms with E-state index in [4.69, 9.17) is 27.7 Å². The second kappa shape index (κ2) is 10.4. The van der Waals surface area contributed by atoms with Crippen LogP contribution in [0.2, 0.25) is 10.0 Å². The van der Waals surface area contributed by atoms with Gasteiger partial charge < -0.3 is 9.42 Å². The first-order valence-corrected chi connectivity index (χ1v) is 14.6. The zero-order valence-electron chi connectivity index (χ0n) is 19.6. The van der Waals surface area contributed by atoms with Gasteiger partial charge in [-0.05, 0) is 55.5 Å². The molecule has 194 valence electrons. The summed E-state index contributed by atoms with van der Waals surface area (Å²) in [6.07, 6.45) is 3.02. The second-order valence-electron chi connectivity index (χ2n) is 8.64. The summed E-state index contributed by atoms with van der Waals surface area (Å²) in [5.74, 6) is 0.424. The van der Waals surface area contributed by atoms with E-state index in [1.165, 1.54) is 11.3 Å². The minimum atomic E-state index is -3.70. The lowest BCUT2D eigenvalue weighted by atomic mass is 9.89. The standard InChI is InChI=1S/C25H22Cl2N4O4S2.H2/c1-15-21(23(29-35-15)22-19(26)3-2-4-20(22)27)24(32)31-12-9-17(10-13-31)16-5-7-18(8-6-16)37(33,34)30-25-28-11-14-36-25;/h2-8,11,14,17H,9-10,12-13H2,1H3,(H,28,30);1H. The average Bonchev–Trinajstić information content (AvgIpc) is 3.53. The van der Waals surface area contributed by atoms with Crippen LogP contribution in [0.4, 0.5) is 5.13 Å². The van der Waals surface area contributed by atoms with Crippen LogP contribution in [0.15, 0.2) is 63.5 Å². The SMILES string of the molecule is Cc1onc(-c2c(Cl)cccc2Cl)c1C(=O)N1CCC(c2ccc(S(=O)(=O)Nc3nccs3)cc2)CC1.[HH]. The van der Waals surface area contributed by atoms with Crippen molar-refractivity contribution in [1.82, 2.24) is 15.0 Å². The van der Waals surface area contributed by atoms with Gasteiger partial charge in [0.25, 0.3) is 15.9 Å². The fourth-order valence-electron chi connectivity index (χ4n) is 4.46. The molecule has 3 heterocycles. The first-order chi connectivity index (χ1) is 17.7. The number of hydrogen-bond acceptors (Lipinski definition) is 7. The lowest BCUT2D eigenvalue weighted by molar-refractivity contribution is 0.0712. The zero-order valence-corrected chi connectivity index (χ0v) is 22.8. The maximum atomic E-state index is 13.5. The topological polar surface area (TPSA) is 105 Å². The van der Waals surface area contributed by atoms with E-state index in [9.17, 15) is 13.2 Å². The number of piperidine rings is 1. The van der Waals surface area contributed by atoms with Crippen LogP contribution in [0, 0.1) is 6.92 Å². The largest absolute Gasteiger partial charge is 0.360 e. The van der Waals surface area contributed by atoms with Crippen LogP contribution < -0.4 is 4.72 Å². The van der Waals surface area contributed by atoms with Gasteiger partial charge in [-0.15, -0.1) is 11.3 Å². The lowest BCUT2D eigenvalue weighted by Gasteiger charge is -2.32. The van der Waals surface area contributed by atoms with E-state index in [0.29, 0.717) is 50.8 Å². The van der Waals surface area contributed by atoms with Crippen molar-refractivity contribution >= 4 is 55.6 Å². The molecule has 1 N–H and O–H groups in total. The van der Waals surface area contributed by atoms with E-state index in [1.54, 1.807) is 53.7 Å². The van der Waals surface area contributed by atoms with E-state index in [-0.39, 0.29) is 18.1 Å². The number of nitrogens with one attached hydrogen (secondary N) is 1. The van der Waals surface area contributed by atoms with E-state index in [1.807, 2.05) is 12.1 Å². The third-order valence-electron chi connectivity index (χ3n) is 6.37. The molecule has 5 rings (SSSR count). The number of sulfonamides is 1. The van der Waals surface area contributed by atoms with Crippen molar-refractivity contribution in [3.8, 4) is 11.3 Å². The van der Waals surface area contributed by atoms with Crippen LogP contribution in [-0.2, 0) is 10.0 Å². The molecule has 1 saturated heterocycles. The summed E-state index contributed by atoms with van der Waals surface area (Å²) in [5.41, 5.74) is 2.20. The molecular weight excluding hydrogens is 555 g/mol. The molecular formula is C25H24Cl2N4O4S2. The molecule has 12 heteroatoms. The summed E-state index contributed by atoms with van der Waals surface area (Å²) in [6.45, 7) is 2.77. The number of amides is 1. The van der Waals surface area contributed by atoms with Gasteiger partial charge in [0.1, 0.15) is 17.0 Å². The normalized spacial score (nSPS) is 14.6. The number of rotatable bonds is 6. The molecule has 2 aromatic carbocycles. The Labute approximate surface area is 229 Å². The van der Waals surface area contributed by atoms with Gasteiger partial charge in [0.05, 0.1) is 14.9 Å². The molecule has 0 spiro atoms. The van der Waals surface area contributed by atoms with E-state index < -0.39 is 10.0 Å². The molecule has 0 saturated carbocycles. The number of aryl methyl sites for hydroxylation is 1. The van der Waals surface area contributed by atoms with Crippen LogP contribution in [0.1, 0.15) is 41.9 Å². The Kier molecular flexibility index (Phi) is 7.26. The molecule has 37 heavy (non-hydrogen) atoms. The smallest absolute Gasteiger partial charge is 0.263 e. The van der Waals surface area contributed by atoms with Crippen molar-refractivity contribution in [2.24, 2.45) is 0 Å². The van der Waals surface area contributed by atoms with Gasteiger partial charge in [0.15, 0.2) is 5.13 Å². The van der Waals surface area contributed by atoms with Crippen LogP contribution in [0.3, 0.4) is 0 Å². The van der Waals surface area contributed by atoms with E-state index in [2.05, 4.69) is 14.9 Å². The average molecular weight is 580 g/mol. The summed E-state index contributed by atoms with van der Waals surface area (Å²) >= 11 is 13.9. The fourth-order valence-corrected chi connectivity index (χ4v) is 6.82. The number of carbonyl (C=O) groups excluding carboxylic acids is 1. The Bertz CT molecular complexity index is 1520. The monoisotopic (exact) mass is 578 g/mol. The Hall–Kier alpha value is -2.92. The van der Waals surface area contributed by atoms with Crippen molar-refractivity contribution in [3.05, 3.63) is 81.0 Å². The summed E-state index contributed by atoms with van der Waals surface area (Å²) < 4.78 is 33.0. The number of hydrogen-bond donors (Lipinski definition) is 1. The van der Waals surface area contributed by atoms with Crippen LogP contribution in [0.5, 0.6) is 0 Å². The van der Waals surface area contributed by atoms with Crippen molar-refractivity contribution < 1.29 is 19.2 Å². The van der Waals surface area contributed by atoms with E-state index in [0.717, 1.165) is 18.4 Å². The molecule has 0 atom stereocenters. The molecule has 1 aliphatic rings. The minimum absolute atomic E-state index is 0. The molecule has 8 nitrogen and oxygen atoms in total. The molecule has 1 amide bonds. The summed E-state index contributed by atoms with van der Waals surface area (Å²) in [6, 6.07) is 12.0. The highest BCUT2D eigenvalue weighted by Crippen LogP contribution is 2.38. The molecule has 1 fully saturated rings. The number of thiazole rings is 1. The number of benzene rings is 2. The maximum absolute atomic E-state index is 13.5. The first-order valence-electron chi connectivity index (χ1n) is 11.5. The quantitative estimate of drug-likeness (QED) is 0.280. The Morgan fingerprint density at radius 3 is 2.43 bits per heavy atom. The summed E-state index contributed by atoms with van der Waals surface area (Å²) in [7, 11) is -3.70. The Morgan fingerprint density at radius 1 is 1.14 bits per heavy atom. The first kappa shape index (κ1) is 25.7. The van der Waals surface area contributed by atoms with Gasteiger partial charge in [-0.25, -0.2) is 13.4 Å². The highest BCUT2D eigenvalue weighted by Gasteiger charge is 2.31. The summed E-state index contributed by atoms with van der Waals surface area (Å²) in [5, 5.41) is 6.89. The predicted molar refractivity (Wildman–Crippen MR) is 146 cm³/mol. The lowest BCUT2D eigenvalue weighted by Crippen LogP contribution is -2.38. The van der Waals surface area contributed by atoms with Gasteiger partial charge in [0, 0.05) is 31.7 Å². The predicted octanol–water partition coefficient (Wildman–Crippen LogP) is 6.48. The maximum Gasteiger partial charge on any atom is 0.263 e. The third-order valence-corrected chi connectivity index (χ3v) is 9.18. The van der Waals surface area contributed by atoms with E-state index >= 15 is 0 Å². The van der Waals surface area contributed by atoms with Gasteiger partial charge in [-0.2, -0.15) is 0 Å². The van der Waals surface area contributed by atoms with Crippen LogP contribution >= 0.6 is 34.5 Å². The number of carbonyl (C=O) groups is 1. The summed E-state index contributed by atoms with van der Waals surface area (Å²) in [4.78, 5) is 19.4. The molecule has 1 aliphatic heterocycles. The molecule has 2 aromatic heterocycles. The number of halogens is 2. The molecule has 0 unspecified atom stereocenters. The highest BCUT2D eigenvalue weighted by atomic mass is 35.5. The highest BCUT2D eigenvalue weighted by molar-refractivity contribution is 7.93. The van der Waals surface area contributed by atoms with Crippen molar-refractivity contribution in [2.45, 2.75) is 30.6 Å². The Morgan fingerprint density at radius 2 is 1.81 bits per heavy atom. The third kappa shape index (κ3) is 5.24. The van der Waals surface area contributed by atoms with Crippen molar-refractivity contribution in [2.75, 3.05) is 17.8 Å². The number of aromatic nitrogens is 2. The molecule has 0 radical (unpaired) electrons. The van der Waals surface area contributed by atoms with Crippen molar-refractivity contribution in [1.29, 1.82) is 0 Å². The van der Waals surface area contributed by atoms with Crippen LogP contribution in [-0.4, -0.2) is 42.5 Å².